The Hall–Kier alpha value is -1.50. The summed E-state index contributed by atoms with van der Waals surface area (Å²) < 4.78 is 0. The molecular formula is C20H35N3O. The molecule has 0 aliphatic heterocycles. The highest BCUT2D eigenvalue weighted by molar-refractivity contribution is 5.97. The predicted octanol–water partition coefficient (Wildman–Crippen LogP) is 4.57. The first-order chi connectivity index (χ1) is 11.7. The Kier molecular flexibility index (Phi) is 11.0. The fourth-order valence-electron chi connectivity index (χ4n) is 3.08. The Morgan fingerprint density at radius 3 is 2.04 bits per heavy atom. The highest BCUT2D eigenvalue weighted by Crippen LogP contribution is 2.17. The van der Waals surface area contributed by atoms with E-state index < -0.39 is 0 Å². The minimum absolute atomic E-state index is 0.0931. The van der Waals surface area contributed by atoms with Crippen LogP contribution in [-0.4, -0.2) is 18.0 Å². The minimum atomic E-state index is -0.271. The molecule has 0 heterocycles. The normalized spacial score (nSPS) is 20.1. The smallest absolute Gasteiger partial charge is 0.263 e. The lowest BCUT2D eigenvalue weighted by atomic mass is 9.98. The van der Waals surface area contributed by atoms with Crippen LogP contribution in [0.5, 0.6) is 0 Å². The van der Waals surface area contributed by atoms with Crippen molar-refractivity contribution in [3.8, 4) is 6.07 Å². The SMILES string of the molecule is CCC(C)NC(=O)/C(C#N)=C\NC1CCCCCCCCCCC1. The Morgan fingerprint density at radius 1 is 1.08 bits per heavy atom. The van der Waals surface area contributed by atoms with Gasteiger partial charge in [0.25, 0.3) is 5.91 Å². The third kappa shape index (κ3) is 8.96. The predicted molar refractivity (Wildman–Crippen MR) is 99.3 cm³/mol. The first-order valence-corrected chi connectivity index (χ1v) is 9.84. The fraction of sp³-hybridized carbons (Fsp3) is 0.800. The third-order valence-corrected chi connectivity index (χ3v) is 4.92. The summed E-state index contributed by atoms with van der Waals surface area (Å²) in [5.41, 5.74) is 0.182. The summed E-state index contributed by atoms with van der Waals surface area (Å²) in [7, 11) is 0. The van der Waals surface area contributed by atoms with E-state index in [-0.39, 0.29) is 17.5 Å². The molecular weight excluding hydrogens is 298 g/mol. The van der Waals surface area contributed by atoms with Gasteiger partial charge in [0.15, 0.2) is 0 Å². The Bertz CT molecular complexity index is 413. The first kappa shape index (κ1) is 20.5. The minimum Gasteiger partial charge on any atom is -0.387 e. The molecule has 1 rings (SSSR count). The van der Waals surface area contributed by atoms with E-state index >= 15 is 0 Å². The molecule has 2 N–H and O–H groups in total. The van der Waals surface area contributed by atoms with Crippen molar-refractivity contribution in [2.24, 2.45) is 0 Å². The molecule has 1 unspecified atom stereocenters. The molecule has 0 aromatic rings. The first-order valence-electron chi connectivity index (χ1n) is 9.84. The summed E-state index contributed by atoms with van der Waals surface area (Å²) >= 11 is 0. The van der Waals surface area contributed by atoms with Gasteiger partial charge in [0.2, 0.25) is 0 Å². The number of rotatable bonds is 5. The van der Waals surface area contributed by atoms with Crippen LogP contribution in [0.25, 0.3) is 0 Å². The number of carbonyl (C=O) groups is 1. The van der Waals surface area contributed by atoms with Crippen molar-refractivity contribution in [3.05, 3.63) is 11.8 Å². The summed E-state index contributed by atoms with van der Waals surface area (Å²) in [4.78, 5) is 12.1. The molecule has 0 bridgehead atoms. The zero-order valence-electron chi connectivity index (χ0n) is 15.6. The summed E-state index contributed by atoms with van der Waals surface area (Å²) in [5, 5.41) is 15.4. The van der Waals surface area contributed by atoms with Crippen LogP contribution >= 0.6 is 0 Å². The summed E-state index contributed by atoms with van der Waals surface area (Å²) in [6, 6.07) is 2.50. The summed E-state index contributed by atoms with van der Waals surface area (Å²) in [6.45, 7) is 3.97. The van der Waals surface area contributed by atoms with Gasteiger partial charge in [-0.05, 0) is 26.2 Å². The van der Waals surface area contributed by atoms with Gasteiger partial charge in [-0.3, -0.25) is 4.79 Å². The molecule has 1 atom stereocenters. The maximum absolute atomic E-state index is 12.1. The van der Waals surface area contributed by atoms with Gasteiger partial charge in [-0.1, -0.05) is 64.7 Å². The molecule has 4 nitrogen and oxygen atoms in total. The molecule has 0 aromatic heterocycles. The molecule has 1 fully saturated rings. The zero-order chi connectivity index (χ0) is 17.6. The van der Waals surface area contributed by atoms with Crippen LogP contribution < -0.4 is 10.6 Å². The van der Waals surface area contributed by atoms with Gasteiger partial charge in [0.05, 0.1) is 0 Å². The topological polar surface area (TPSA) is 64.9 Å². The van der Waals surface area contributed by atoms with Crippen LogP contribution in [0.4, 0.5) is 0 Å². The second-order valence-electron chi connectivity index (χ2n) is 7.08. The van der Waals surface area contributed by atoms with Gasteiger partial charge in [0.1, 0.15) is 11.6 Å². The molecule has 1 aliphatic carbocycles. The van der Waals surface area contributed by atoms with E-state index in [1.54, 1.807) is 6.20 Å². The van der Waals surface area contributed by atoms with Gasteiger partial charge in [-0.25, -0.2) is 0 Å². The molecule has 1 amide bonds. The lowest BCUT2D eigenvalue weighted by molar-refractivity contribution is -0.117. The van der Waals surface area contributed by atoms with E-state index in [4.69, 9.17) is 0 Å². The maximum Gasteiger partial charge on any atom is 0.263 e. The van der Waals surface area contributed by atoms with Crippen molar-refractivity contribution in [2.45, 2.75) is 103 Å². The molecule has 0 radical (unpaired) electrons. The average Bonchev–Trinajstić information content (AvgIpc) is 2.57. The van der Waals surface area contributed by atoms with E-state index in [2.05, 4.69) is 10.6 Å². The molecule has 4 heteroatoms. The quantitative estimate of drug-likeness (QED) is 0.572. The van der Waals surface area contributed by atoms with Crippen molar-refractivity contribution in [3.63, 3.8) is 0 Å². The number of carbonyl (C=O) groups excluding carboxylic acids is 1. The van der Waals surface area contributed by atoms with Crippen molar-refractivity contribution in [1.29, 1.82) is 5.26 Å². The molecule has 136 valence electrons. The Morgan fingerprint density at radius 2 is 1.58 bits per heavy atom. The monoisotopic (exact) mass is 333 g/mol. The summed E-state index contributed by atoms with van der Waals surface area (Å²) in [6.07, 6.45) is 16.6. The lowest BCUT2D eigenvalue weighted by Gasteiger charge is -2.19. The summed E-state index contributed by atoms with van der Waals surface area (Å²) in [5.74, 6) is -0.271. The number of nitrogens with one attached hydrogen (secondary N) is 2. The standard InChI is InChI=1S/C20H35N3O/c1-3-17(2)23-20(24)18(15-21)16-22-19-13-11-9-7-5-4-6-8-10-12-14-19/h16-17,19,22H,3-14H2,1-2H3,(H,23,24)/b18-16-. The van der Waals surface area contributed by atoms with Gasteiger partial charge >= 0.3 is 0 Å². The molecule has 1 saturated carbocycles. The van der Waals surface area contributed by atoms with E-state index in [0.717, 1.165) is 19.3 Å². The molecule has 0 aromatic carbocycles. The molecule has 1 aliphatic rings. The molecule has 24 heavy (non-hydrogen) atoms. The maximum atomic E-state index is 12.1. The van der Waals surface area contributed by atoms with Crippen LogP contribution in [0.3, 0.4) is 0 Å². The number of nitriles is 1. The molecule has 0 spiro atoms. The second kappa shape index (κ2) is 12.9. The van der Waals surface area contributed by atoms with Gasteiger partial charge in [-0.15, -0.1) is 0 Å². The van der Waals surface area contributed by atoms with Gasteiger partial charge < -0.3 is 10.6 Å². The van der Waals surface area contributed by atoms with Crippen LogP contribution in [0.2, 0.25) is 0 Å². The van der Waals surface area contributed by atoms with Gasteiger partial charge in [0, 0.05) is 18.3 Å². The highest BCUT2D eigenvalue weighted by Gasteiger charge is 2.13. The van der Waals surface area contributed by atoms with Crippen molar-refractivity contribution in [1.82, 2.24) is 10.6 Å². The van der Waals surface area contributed by atoms with Crippen LogP contribution in [-0.2, 0) is 4.79 Å². The largest absolute Gasteiger partial charge is 0.387 e. The van der Waals surface area contributed by atoms with Crippen molar-refractivity contribution < 1.29 is 4.79 Å². The van der Waals surface area contributed by atoms with Crippen molar-refractivity contribution >= 4 is 5.91 Å². The lowest BCUT2D eigenvalue weighted by Crippen LogP contribution is -2.34. The van der Waals surface area contributed by atoms with E-state index in [9.17, 15) is 10.1 Å². The highest BCUT2D eigenvalue weighted by atomic mass is 16.1. The number of amides is 1. The van der Waals surface area contributed by atoms with Crippen LogP contribution in [0.1, 0.15) is 90.9 Å². The van der Waals surface area contributed by atoms with E-state index in [0.29, 0.717) is 6.04 Å². The average molecular weight is 334 g/mol. The van der Waals surface area contributed by atoms with Gasteiger partial charge in [-0.2, -0.15) is 5.26 Å². The van der Waals surface area contributed by atoms with E-state index in [1.165, 1.54) is 57.8 Å². The van der Waals surface area contributed by atoms with Crippen molar-refractivity contribution in [2.75, 3.05) is 0 Å². The number of hydrogen-bond donors (Lipinski definition) is 2. The second-order valence-corrected chi connectivity index (χ2v) is 7.08. The van der Waals surface area contributed by atoms with Crippen LogP contribution in [0, 0.1) is 11.3 Å². The Balaban J connectivity index is 2.53. The third-order valence-electron chi connectivity index (χ3n) is 4.92. The Labute approximate surface area is 148 Å². The zero-order valence-corrected chi connectivity index (χ0v) is 15.6. The fourth-order valence-corrected chi connectivity index (χ4v) is 3.08. The van der Waals surface area contributed by atoms with E-state index in [1.807, 2.05) is 19.9 Å². The van der Waals surface area contributed by atoms with Crippen LogP contribution in [0.15, 0.2) is 11.8 Å². The number of nitrogens with zero attached hydrogens (tertiary/aromatic N) is 1. The number of hydrogen-bond acceptors (Lipinski definition) is 3. The molecule has 0 saturated heterocycles.